The Bertz CT molecular complexity index is 1190. The lowest BCUT2D eigenvalue weighted by Gasteiger charge is -2.33. The minimum atomic E-state index is -3.60. The number of ether oxygens (including phenoxy) is 1. The molecular weight excluding hydrogens is 436 g/mol. The summed E-state index contributed by atoms with van der Waals surface area (Å²) >= 11 is 0. The third kappa shape index (κ3) is 5.43. The summed E-state index contributed by atoms with van der Waals surface area (Å²) in [5, 5.41) is 1.91. The number of nitrogens with zero attached hydrogens (tertiary/aromatic N) is 2. The Morgan fingerprint density at radius 3 is 2.33 bits per heavy atom. The van der Waals surface area contributed by atoms with Crippen LogP contribution < -0.4 is 0 Å². The summed E-state index contributed by atoms with van der Waals surface area (Å²) in [6, 6.07) is 22.9. The largest absolute Gasteiger partial charge is 0.383 e. The molecule has 0 atom stereocenters. The van der Waals surface area contributed by atoms with E-state index in [2.05, 4.69) is 0 Å². The number of benzene rings is 3. The van der Waals surface area contributed by atoms with Crippen LogP contribution in [0.3, 0.4) is 0 Å². The fourth-order valence-electron chi connectivity index (χ4n) is 4.35. The molecule has 1 amide bonds. The lowest BCUT2D eigenvalue weighted by atomic mass is 9.96. The van der Waals surface area contributed by atoms with Crippen molar-refractivity contribution in [3.05, 3.63) is 78.4 Å². The average Bonchev–Trinajstić information content (AvgIpc) is 2.86. The van der Waals surface area contributed by atoms with Gasteiger partial charge in [0, 0.05) is 39.2 Å². The van der Waals surface area contributed by atoms with Gasteiger partial charge in [-0.05, 0) is 41.3 Å². The minimum absolute atomic E-state index is 0.0682. The van der Waals surface area contributed by atoms with Crippen molar-refractivity contribution in [2.75, 3.05) is 33.4 Å². The molecule has 6 nitrogen and oxygen atoms in total. The molecule has 174 valence electrons. The molecule has 0 aromatic heterocycles. The van der Waals surface area contributed by atoms with Crippen molar-refractivity contribution in [1.29, 1.82) is 0 Å². The van der Waals surface area contributed by atoms with Crippen molar-refractivity contribution in [2.24, 2.45) is 5.92 Å². The smallest absolute Gasteiger partial charge is 0.243 e. The maximum Gasteiger partial charge on any atom is 0.243 e. The van der Waals surface area contributed by atoms with Gasteiger partial charge >= 0.3 is 0 Å². The van der Waals surface area contributed by atoms with Gasteiger partial charge in [0.1, 0.15) is 0 Å². The molecule has 0 saturated carbocycles. The van der Waals surface area contributed by atoms with Gasteiger partial charge in [0.2, 0.25) is 15.9 Å². The number of sulfonamides is 1. The van der Waals surface area contributed by atoms with E-state index in [0.717, 1.165) is 16.3 Å². The van der Waals surface area contributed by atoms with Gasteiger partial charge in [0.25, 0.3) is 0 Å². The van der Waals surface area contributed by atoms with E-state index in [1.807, 2.05) is 65.6 Å². The zero-order valence-electron chi connectivity index (χ0n) is 18.9. The Hall–Kier alpha value is -2.74. The number of fused-ring (bicyclic) bond motifs is 1. The van der Waals surface area contributed by atoms with E-state index in [9.17, 15) is 13.2 Å². The highest BCUT2D eigenvalue weighted by Gasteiger charge is 2.34. The third-order valence-electron chi connectivity index (χ3n) is 6.26. The molecule has 0 bridgehead atoms. The number of carbonyl (C=O) groups is 1. The summed E-state index contributed by atoms with van der Waals surface area (Å²) in [5.41, 5.74) is 1.07. The van der Waals surface area contributed by atoms with Crippen molar-refractivity contribution >= 4 is 26.7 Å². The lowest BCUT2D eigenvalue weighted by molar-refractivity contribution is -0.138. The van der Waals surface area contributed by atoms with Crippen LogP contribution in [-0.2, 0) is 26.1 Å². The van der Waals surface area contributed by atoms with Crippen LogP contribution in [0, 0.1) is 5.92 Å². The van der Waals surface area contributed by atoms with Crippen LogP contribution in [0.4, 0.5) is 0 Å². The quantitative estimate of drug-likeness (QED) is 0.505. The number of piperidine rings is 1. The summed E-state index contributed by atoms with van der Waals surface area (Å²) in [6.07, 6.45) is 1.04. The lowest BCUT2D eigenvalue weighted by Crippen LogP contribution is -2.45. The fourth-order valence-corrected chi connectivity index (χ4v) is 5.86. The second-order valence-corrected chi connectivity index (χ2v) is 10.4. The molecule has 3 aromatic carbocycles. The predicted molar refractivity (Wildman–Crippen MR) is 129 cm³/mol. The first-order chi connectivity index (χ1) is 16.0. The van der Waals surface area contributed by atoms with Gasteiger partial charge in [0.15, 0.2) is 0 Å². The standard InChI is InChI=1S/C26H30N2O4S/c1-32-18-17-27(20-21-7-3-2-4-8-21)26(29)23-13-15-28(16-14-23)33(30,31)25-12-11-22-9-5-6-10-24(22)19-25/h2-12,19,23H,13-18,20H2,1H3. The van der Waals surface area contributed by atoms with E-state index >= 15 is 0 Å². The van der Waals surface area contributed by atoms with Crippen LogP contribution >= 0.6 is 0 Å². The van der Waals surface area contributed by atoms with Gasteiger partial charge < -0.3 is 9.64 Å². The molecule has 33 heavy (non-hydrogen) atoms. The van der Waals surface area contributed by atoms with E-state index in [-0.39, 0.29) is 11.8 Å². The zero-order valence-corrected chi connectivity index (χ0v) is 19.7. The molecule has 0 N–H and O–H groups in total. The maximum absolute atomic E-state index is 13.3. The summed E-state index contributed by atoms with van der Waals surface area (Å²) in [6.45, 7) is 2.19. The van der Waals surface area contributed by atoms with Crippen molar-refractivity contribution < 1.29 is 17.9 Å². The molecule has 1 aliphatic heterocycles. The highest BCUT2D eigenvalue weighted by Crippen LogP contribution is 2.27. The Morgan fingerprint density at radius 1 is 0.970 bits per heavy atom. The van der Waals surface area contributed by atoms with Gasteiger partial charge in [-0.15, -0.1) is 0 Å². The molecular formula is C26H30N2O4S. The van der Waals surface area contributed by atoms with Gasteiger partial charge in [0.05, 0.1) is 11.5 Å². The van der Waals surface area contributed by atoms with Gasteiger partial charge in [-0.25, -0.2) is 8.42 Å². The molecule has 0 spiro atoms. The molecule has 7 heteroatoms. The number of hydrogen-bond acceptors (Lipinski definition) is 4. The topological polar surface area (TPSA) is 66.9 Å². The fraction of sp³-hybridized carbons (Fsp3) is 0.346. The number of methoxy groups -OCH3 is 1. The predicted octanol–water partition coefficient (Wildman–Crippen LogP) is 3.92. The highest BCUT2D eigenvalue weighted by atomic mass is 32.2. The van der Waals surface area contributed by atoms with Crippen molar-refractivity contribution in [3.8, 4) is 0 Å². The van der Waals surface area contributed by atoms with Crippen molar-refractivity contribution in [2.45, 2.75) is 24.3 Å². The number of hydrogen-bond donors (Lipinski definition) is 0. The zero-order chi connectivity index (χ0) is 23.3. The van der Waals surface area contributed by atoms with Gasteiger partial charge in [-0.3, -0.25) is 4.79 Å². The van der Waals surface area contributed by atoms with Gasteiger partial charge in [-0.1, -0.05) is 60.7 Å². The molecule has 0 radical (unpaired) electrons. The third-order valence-corrected chi connectivity index (χ3v) is 8.15. The normalized spacial score (nSPS) is 15.5. The summed E-state index contributed by atoms with van der Waals surface area (Å²) in [4.78, 5) is 15.4. The second kappa shape index (κ2) is 10.5. The van der Waals surface area contributed by atoms with E-state index in [1.54, 1.807) is 19.2 Å². The molecule has 1 saturated heterocycles. The Balaban J connectivity index is 1.43. The summed E-state index contributed by atoms with van der Waals surface area (Å²) in [5.74, 6) is -0.118. The molecule has 0 aliphatic carbocycles. The molecule has 1 fully saturated rings. The molecule has 3 aromatic rings. The van der Waals surface area contributed by atoms with Crippen LogP contribution in [0.5, 0.6) is 0 Å². The van der Waals surface area contributed by atoms with E-state index in [0.29, 0.717) is 50.5 Å². The first-order valence-electron chi connectivity index (χ1n) is 11.3. The molecule has 1 heterocycles. The first kappa shape index (κ1) is 23.4. The average molecular weight is 467 g/mol. The Kier molecular flexibility index (Phi) is 7.42. The monoisotopic (exact) mass is 466 g/mol. The van der Waals surface area contributed by atoms with E-state index in [4.69, 9.17) is 4.74 Å². The van der Waals surface area contributed by atoms with Crippen LogP contribution in [0.1, 0.15) is 18.4 Å². The van der Waals surface area contributed by atoms with Crippen LogP contribution in [0.15, 0.2) is 77.7 Å². The summed E-state index contributed by atoms with van der Waals surface area (Å²) < 4.78 is 33.2. The van der Waals surface area contributed by atoms with Crippen LogP contribution in [0.2, 0.25) is 0 Å². The first-order valence-corrected chi connectivity index (χ1v) is 12.7. The number of rotatable bonds is 8. The van der Waals surface area contributed by atoms with E-state index in [1.165, 1.54) is 4.31 Å². The van der Waals surface area contributed by atoms with Crippen molar-refractivity contribution in [3.63, 3.8) is 0 Å². The Morgan fingerprint density at radius 2 is 1.64 bits per heavy atom. The molecule has 4 rings (SSSR count). The van der Waals surface area contributed by atoms with E-state index < -0.39 is 10.0 Å². The maximum atomic E-state index is 13.3. The number of carbonyl (C=O) groups excluding carboxylic acids is 1. The summed E-state index contributed by atoms with van der Waals surface area (Å²) in [7, 11) is -1.97. The van der Waals surface area contributed by atoms with Crippen LogP contribution in [-0.4, -0.2) is 56.9 Å². The molecule has 0 unspecified atom stereocenters. The van der Waals surface area contributed by atoms with Crippen LogP contribution in [0.25, 0.3) is 10.8 Å². The minimum Gasteiger partial charge on any atom is -0.383 e. The van der Waals surface area contributed by atoms with Crippen molar-refractivity contribution in [1.82, 2.24) is 9.21 Å². The molecule has 1 aliphatic rings. The van der Waals surface area contributed by atoms with Gasteiger partial charge in [-0.2, -0.15) is 4.31 Å². The SMILES string of the molecule is COCCN(Cc1ccccc1)C(=O)C1CCN(S(=O)(=O)c2ccc3ccccc3c2)CC1. The second-order valence-electron chi connectivity index (χ2n) is 8.43. The Labute approximate surface area is 195 Å². The highest BCUT2D eigenvalue weighted by molar-refractivity contribution is 7.89. The number of amides is 1.